The summed E-state index contributed by atoms with van der Waals surface area (Å²) in [4.78, 5) is 0. The Labute approximate surface area is 85.4 Å². The maximum atomic E-state index is 9.05. The van der Waals surface area contributed by atoms with Crippen LogP contribution in [0.15, 0.2) is 0 Å². The van der Waals surface area contributed by atoms with E-state index in [1.54, 1.807) is 0 Å². The van der Waals surface area contributed by atoms with Gasteiger partial charge in [0, 0.05) is 12.6 Å². The Hall–Kier alpha value is -0.590. The Morgan fingerprint density at radius 3 is 2.57 bits per heavy atom. The first-order chi connectivity index (χ1) is 6.90. The van der Waals surface area contributed by atoms with Crippen molar-refractivity contribution in [3.63, 3.8) is 0 Å². The van der Waals surface area contributed by atoms with E-state index in [9.17, 15) is 0 Å². The van der Waals surface area contributed by atoms with Gasteiger partial charge in [0.1, 0.15) is 6.04 Å². The van der Waals surface area contributed by atoms with Crippen LogP contribution < -0.4 is 5.32 Å². The van der Waals surface area contributed by atoms with E-state index in [1.807, 2.05) is 0 Å². The van der Waals surface area contributed by atoms with Crippen molar-refractivity contribution in [2.24, 2.45) is 0 Å². The van der Waals surface area contributed by atoms with E-state index < -0.39 is 0 Å². The highest BCUT2D eigenvalue weighted by Gasteiger charge is 2.28. The molecule has 0 radical (unpaired) electrons. The summed E-state index contributed by atoms with van der Waals surface area (Å²) in [5.74, 6) is 0. The van der Waals surface area contributed by atoms with E-state index in [0.717, 1.165) is 19.4 Å². The van der Waals surface area contributed by atoms with Crippen molar-refractivity contribution in [1.82, 2.24) is 5.32 Å². The fourth-order valence-corrected chi connectivity index (χ4v) is 2.44. The van der Waals surface area contributed by atoms with Crippen molar-refractivity contribution in [1.29, 1.82) is 5.26 Å². The summed E-state index contributed by atoms with van der Waals surface area (Å²) >= 11 is 0. The average Bonchev–Trinajstić information content (AvgIpc) is 2.86. The molecule has 1 N–H and O–H groups in total. The molecule has 0 bridgehead atoms. The third kappa shape index (κ3) is 2.26. The van der Waals surface area contributed by atoms with E-state index >= 15 is 0 Å². The second-order valence-corrected chi connectivity index (χ2v) is 4.31. The van der Waals surface area contributed by atoms with Gasteiger partial charge in [-0.2, -0.15) is 5.26 Å². The molecule has 1 saturated heterocycles. The molecule has 2 atom stereocenters. The van der Waals surface area contributed by atoms with E-state index in [0.29, 0.717) is 6.04 Å². The molecular formula is C11H18N2O. The zero-order valence-corrected chi connectivity index (χ0v) is 8.54. The van der Waals surface area contributed by atoms with Gasteiger partial charge in [-0.1, -0.05) is 12.8 Å². The summed E-state index contributed by atoms with van der Waals surface area (Å²) in [6, 6.07) is 2.81. The first kappa shape index (κ1) is 9.95. The minimum atomic E-state index is -0.0828. The standard InChI is InChI=1S/C11H18N2O/c12-8-10(11-6-3-7-14-11)13-9-4-1-2-5-9/h9-11,13H,1-7H2. The van der Waals surface area contributed by atoms with Gasteiger partial charge in [0.25, 0.3) is 0 Å². The van der Waals surface area contributed by atoms with Gasteiger partial charge >= 0.3 is 0 Å². The van der Waals surface area contributed by atoms with Crippen molar-refractivity contribution in [3.8, 4) is 6.07 Å². The lowest BCUT2D eigenvalue weighted by molar-refractivity contribution is 0.0899. The molecule has 2 unspecified atom stereocenters. The number of ether oxygens (including phenoxy) is 1. The zero-order valence-electron chi connectivity index (χ0n) is 8.54. The number of nitriles is 1. The van der Waals surface area contributed by atoms with E-state index in [1.165, 1.54) is 25.7 Å². The summed E-state index contributed by atoms with van der Waals surface area (Å²) < 4.78 is 5.53. The Bertz CT molecular complexity index is 212. The van der Waals surface area contributed by atoms with E-state index in [4.69, 9.17) is 10.00 Å². The minimum absolute atomic E-state index is 0.0828. The first-order valence-corrected chi connectivity index (χ1v) is 5.67. The van der Waals surface area contributed by atoms with E-state index in [2.05, 4.69) is 11.4 Å². The lowest BCUT2D eigenvalue weighted by Crippen LogP contribution is -2.43. The summed E-state index contributed by atoms with van der Waals surface area (Å²) in [7, 11) is 0. The van der Waals surface area contributed by atoms with Gasteiger partial charge in [-0.3, -0.25) is 5.32 Å². The van der Waals surface area contributed by atoms with Crippen LogP contribution >= 0.6 is 0 Å². The van der Waals surface area contributed by atoms with Crippen molar-refractivity contribution in [3.05, 3.63) is 0 Å². The maximum Gasteiger partial charge on any atom is 0.122 e. The molecule has 2 aliphatic rings. The molecule has 0 aromatic heterocycles. The van der Waals surface area contributed by atoms with Crippen LogP contribution in [-0.2, 0) is 4.74 Å². The van der Waals surface area contributed by atoms with Crippen LogP contribution in [0.2, 0.25) is 0 Å². The molecule has 1 heterocycles. The smallest absolute Gasteiger partial charge is 0.122 e. The zero-order chi connectivity index (χ0) is 9.80. The lowest BCUT2D eigenvalue weighted by atomic mass is 10.1. The largest absolute Gasteiger partial charge is 0.375 e. The van der Waals surface area contributed by atoms with Gasteiger partial charge in [-0.15, -0.1) is 0 Å². The highest BCUT2D eigenvalue weighted by molar-refractivity contribution is 4.99. The molecule has 14 heavy (non-hydrogen) atoms. The molecule has 78 valence electrons. The normalized spacial score (nSPS) is 30.4. The number of hydrogen-bond acceptors (Lipinski definition) is 3. The van der Waals surface area contributed by atoms with Crippen LogP contribution in [0.1, 0.15) is 38.5 Å². The second-order valence-electron chi connectivity index (χ2n) is 4.31. The number of nitrogens with zero attached hydrogens (tertiary/aromatic N) is 1. The molecule has 3 nitrogen and oxygen atoms in total. The summed E-state index contributed by atoms with van der Waals surface area (Å²) in [6.45, 7) is 0.829. The lowest BCUT2D eigenvalue weighted by Gasteiger charge is -2.21. The molecule has 1 saturated carbocycles. The molecule has 0 amide bonds. The molecular weight excluding hydrogens is 176 g/mol. The SMILES string of the molecule is N#CC(NC1CCCC1)C1CCCO1. The highest BCUT2D eigenvalue weighted by atomic mass is 16.5. The average molecular weight is 194 g/mol. The summed E-state index contributed by atoms with van der Waals surface area (Å²) in [6.07, 6.45) is 7.35. The molecule has 0 aromatic rings. The summed E-state index contributed by atoms with van der Waals surface area (Å²) in [5, 5.41) is 12.5. The number of hydrogen-bond donors (Lipinski definition) is 1. The van der Waals surface area contributed by atoms with E-state index in [-0.39, 0.29) is 12.1 Å². The molecule has 2 rings (SSSR count). The summed E-state index contributed by atoms with van der Waals surface area (Å²) in [5.41, 5.74) is 0. The molecule has 0 spiro atoms. The van der Waals surface area contributed by atoms with Gasteiger partial charge in [0.05, 0.1) is 12.2 Å². The topological polar surface area (TPSA) is 45.0 Å². The minimum Gasteiger partial charge on any atom is -0.375 e. The highest BCUT2D eigenvalue weighted by Crippen LogP contribution is 2.21. The van der Waals surface area contributed by atoms with Crippen LogP contribution in [-0.4, -0.2) is 24.8 Å². The third-order valence-corrected chi connectivity index (χ3v) is 3.25. The Morgan fingerprint density at radius 1 is 1.21 bits per heavy atom. The van der Waals surface area contributed by atoms with Crippen LogP contribution in [0, 0.1) is 11.3 Å². The molecule has 2 fully saturated rings. The van der Waals surface area contributed by atoms with Crippen LogP contribution in [0.3, 0.4) is 0 Å². The van der Waals surface area contributed by atoms with Gasteiger partial charge in [-0.25, -0.2) is 0 Å². The molecule has 3 heteroatoms. The van der Waals surface area contributed by atoms with Crippen molar-refractivity contribution < 1.29 is 4.74 Å². The Balaban J connectivity index is 1.83. The monoisotopic (exact) mass is 194 g/mol. The predicted octanol–water partition coefficient (Wildman–Crippen LogP) is 1.59. The third-order valence-electron chi connectivity index (χ3n) is 3.25. The van der Waals surface area contributed by atoms with Crippen molar-refractivity contribution >= 4 is 0 Å². The fraction of sp³-hybridized carbons (Fsp3) is 0.909. The maximum absolute atomic E-state index is 9.05. The van der Waals surface area contributed by atoms with Gasteiger partial charge < -0.3 is 4.74 Å². The van der Waals surface area contributed by atoms with Gasteiger partial charge in [-0.05, 0) is 25.7 Å². The number of nitrogens with one attached hydrogen (secondary N) is 1. The Kier molecular flexibility index (Phi) is 3.39. The van der Waals surface area contributed by atoms with Crippen LogP contribution in [0.5, 0.6) is 0 Å². The van der Waals surface area contributed by atoms with Crippen LogP contribution in [0.4, 0.5) is 0 Å². The number of rotatable bonds is 3. The molecule has 0 aromatic carbocycles. The van der Waals surface area contributed by atoms with Gasteiger partial charge in [0.15, 0.2) is 0 Å². The Morgan fingerprint density at radius 2 is 2.00 bits per heavy atom. The predicted molar refractivity (Wildman–Crippen MR) is 53.8 cm³/mol. The fourth-order valence-electron chi connectivity index (χ4n) is 2.44. The van der Waals surface area contributed by atoms with Crippen molar-refractivity contribution in [2.75, 3.05) is 6.61 Å². The second kappa shape index (κ2) is 4.77. The van der Waals surface area contributed by atoms with Crippen LogP contribution in [0.25, 0.3) is 0 Å². The molecule has 1 aliphatic heterocycles. The van der Waals surface area contributed by atoms with Gasteiger partial charge in [0.2, 0.25) is 0 Å². The quantitative estimate of drug-likeness (QED) is 0.742. The molecule has 1 aliphatic carbocycles. The van der Waals surface area contributed by atoms with Crippen molar-refractivity contribution in [2.45, 2.75) is 56.7 Å². The first-order valence-electron chi connectivity index (χ1n) is 5.67.